The van der Waals surface area contributed by atoms with Gasteiger partial charge in [-0.15, -0.1) is 11.3 Å². The van der Waals surface area contributed by atoms with Crippen LogP contribution in [0.2, 0.25) is 5.02 Å². The van der Waals surface area contributed by atoms with Crippen molar-refractivity contribution in [2.24, 2.45) is 0 Å². The Kier molecular flexibility index (Phi) is 4.57. The Bertz CT molecular complexity index is 642. The number of sulfonamides is 1. The minimum absolute atomic E-state index is 0.210. The number of hydrogen-bond donors (Lipinski definition) is 0. The van der Waals surface area contributed by atoms with Crippen molar-refractivity contribution in [3.05, 3.63) is 45.9 Å². The molecule has 0 aliphatic carbocycles. The number of hydrogen-bond acceptors (Lipinski definition) is 4. The highest BCUT2D eigenvalue weighted by atomic mass is 35.5. The molecule has 0 saturated carbocycles. The van der Waals surface area contributed by atoms with Crippen LogP contribution < -0.4 is 0 Å². The highest BCUT2D eigenvalue weighted by Crippen LogP contribution is 2.19. The van der Waals surface area contributed by atoms with Gasteiger partial charge in [-0.05, 0) is 18.2 Å². The molecule has 1 aromatic heterocycles. The van der Waals surface area contributed by atoms with Crippen molar-refractivity contribution >= 4 is 33.0 Å². The summed E-state index contributed by atoms with van der Waals surface area (Å²) in [6, 6.07) is 6.28. The van der Waals surface area contributed by atoms with E-state index in [1.807, 2.05) is 5.38 Å². The van der Waals surface area contributed by atoms with Gasteiger partial charge in [0.1, 0.15) is 0 Å². The number of halogens is 1. The maximum absolute atomic E-state index is 12.3. The van der Waals surface area contributed by atoms with E-state index in [1.165, 1.54) is 21.7 Å². The lowest BCUT2D eigenvalue weighted by molar-refractivity contribution is 0.472. The average Bonchev–Trinajstić information content (AvgIpc) is 2.89. The van der Waals surface area contributed by atoms with Gasteiger partial charge in [0.2, 0.25) is 10.0 Å². The summed E-state index contributed by atoms with van der Waals surface area (Å²) in [6.07, 6.45) is 2.32. The molecule has 0 atom stereocenters. The molecular formula is C12H13ClN2O2S2. The third kappa shape index (κ3) is 3.54. The van der Waals surface area contributed by atoms with E-state index in [0.717, 1.165) is 5.01 Å². The van der Waals surface area contributed by atoms with Crippen LogP contribution in [0.25, 0.3) is 0 Å². The number of benzene rings is 1. The minimum Gasteiger partial charge on any atom is -0.250 e. The third-order valence-electron chi connectivity index (χ3n) is 2.63. The van der Waals surface area contributed by atoms with E-state index in [9.17, 15) is 8.42 Å². The Morgan fingerprint density at radius 1 is 1.42 bits per heavy atom. The number of nitrogens with zero attached hydrogens (tertiary/aromatic N) is 2. The van der Waals surface area contributed by atoms with Gasteiger partial charge < -0.3 is 0 Å². The highest BCUT2D eigenvalue weighted by Gasteiger charge is 2.20. The second kappa shape index (κ2) is 6.00. The molecule has 4 nitrogen and oxygen atoms in total. The Balaban J connectivity index is 2.11. The highest BCUT2D eigenvalue weighted by molar-refractivity contribution is 7.89. The van der Waals surface area contributed by atoms with E-state index < -0.39 is 10.0 Å². The SMILES string of the molecule is CN(CCc1nccs1)S(=O)(=O)c1cccc(Cl)c1. The number of likely N-dealkylation sites (N-methyl/N-ethyl adjacent to an activating group) is 1. The average molecular weight is 317 g/mol. The van der Waals surface area contributed by atoms with Crippen LogP contribution in [-0.2, 0) is 16.4 Å². The first-order chi connectivity index (χ1) is 9.00. The van der Waals surface area contributed by atoms with Crippen molar-refractivity contribution in [2.45, 2.75) is 11.3 Å². The van der Waals surface area contributed by atoms with Crippen molar-refractivity contribution in [3.8, 4) is 0 Å². The number of aromatic nitrogens is 1. The van der Waals surface area contributed by atoms with Gasteiger partial charge in [-0.1, -0.05) is 17.7 Å². The summed E-state index contributed by atoms with van der Waals surface area (Å²) >= 11 is 7.34. The third-order valence-corrected chi connectivity index (χ3v) is 5.56. The van der Waals surface area contributed by atoms with Crippen LogP contribution in [0.1, 0.15) is 5.01 Å². The van der Waals surface area contributed by atoms with E-state index in [1.54, 1.807) is 31.4 Å². The van der Waals surface area contributed by atoms with Gasteiger partial charge in [0, 0.05) is 36.6 Å². The molecule has 0 N–H and O–H groups in total. The lowest BCUT2D eigenvalue weighted by Crippen LogP contribution is -2.29. The van der Waals surface area contributed by atoms with Crippen LogP contribution in [0.5, 0.6) is 0 Å². The molecule has 0 amide bonds. The quantitative estimate of drug-likeness (QED) is 0.852. The van der Waals surface area contributed by atoms with E-state index in [2.05, 4.69) is 4.98 Å². The van der Waals surface area contributed by atoms with Crippen molar-refractivity contribution in [2.75, 3.05) is 13.6 Å². The molecule has 0 spiro atoms. The monoisotopic (exact) mass is 316 g/mol. The lowest BCUT2D eigenvalue weighted by atomic mass is 10.4. The zero-order valence-corrected chi connectivity index (χ0v) is 12.7. The molecular weight excluding hydrogens is 304 g/mol. The molecule has 0 radical (unpaired) electrons. The van der Waals surface area contributed by atoms with Crippen LogP contribution in [0.4, 0.5) is 0 Å². The molecule has 0 bridgehead atoms. The Morgan fingerprint density at radius 3 is 2.84 bits per heavy atom. The Labute approximate surface area is 121 Å². The summed E-state index contributed by atoms with van der Waals surface area (Å²) in [5.74, 6) is 0. The summed E-state index contributed by atoms with van der Waals surface area (Å²) in [4.78, 5) is 4.34. The van der Waals surface area contributed by atoms with Crippen LogP contribution in [-0.4, -0.2) is 31.3 Å². The topological polar surface area (TPSA) is 50.3 Å². The molecule has 0 aliphatic rings. The van der Waals surface area contributed by atoms with Gasteiger partial charge in [0.15, 0.2) is 0 Å². The fourth-order valence-electron chi connectivity index (χ4n) is 1.56. The second-order valence-corrected chi connectivity index (χ2v) is 7.42. The van der Waals surface area contributed by atoms with Gasteiger partial charge in [0.25, 0.3) is 0 Å². The summed E-state index contributed by atoms with van der Waals surface area (Å²) in [7, 11) is -1.93. The van der Waals surface area contributed by atoms with Crippen molar-refractivity contribution in [1.29, 1.82) is 0 Å². The largest absolute Gasteiger partial charge is 0.250 e. The standard InChI is InChI=1S/C12H13ClN2O2S2/c1-15(7-5-12-14-6-8-18-12)19(16,17)11-4-2-3-10(13)9-11/h2-4,6,8-9H,5,7H2,1H3. The van der Waals surface area contributed by atoms with Crippen LogP contribution in [0, 0.1) is 0 Å². The predicted molar refractivity (Wildman–Crippen MR) is 77.1 cm³/mol. The van der Waals surface area contributed by atoms with Crippen molar-refractivity contribution in [3.63, 3.8) is 0 Å². The normalized spacial score (nSPS) is 11.9. The first-order valence-electron chi connectivity index (χ1n) is 5.60. The molecule has 1 aromatic carbocycles. The van der Waals surface area contributed by atoms with E-state index in [-0.39, 0.29) is 4.90 Å². The molecule has 2 rings (SSSR count). The molecule has 0 unspecified atom stereocenters. The molecule has 102 valence electrons. The summed E-state index contributed by atoms with van der Waals surface area (Å²) in [6.45, 7) is 0.391. The second-order valence-electron chi connectivity index (χ2n) is 3.96. The Morgan fingerprint density at radius 2 is 2.21 bits per heavy atom. The maximum Gasteiger partial charge on any atom is 0.242 e. The van der Waals surface area contributed by atoms with E-state index >= 15 is 0 Å². The van der Waals surface area contributed by atoms with Crippen LogP contribution >= 0.6 is 22.9 Å². The summed E-state index contributed by atoms with van der Waals surface area (Å²) in [5, 5.41) is 3.21. The van der Waals surface area contributed by atoms with Gasteiger partial charge >= 0.3 is 0 Å². The predicted octanol–water partition coefficient (Wildman–Crippen LogP) is 2.66. The van der Waals surface area contributed by atoms with E-state index in [0.29, 0.717) is 18.0 Å². The number of thiazole rings is 1. The molecule has 19 heavy (non-hydrogen) atoms. The summed E-state index contributed by atoms with van der Waals surface area (Å²) < 4.78 is 25.9. The van der Waals surface area contributed by atoms with E-state index in [4.69, 9.17) is 11.6 Å². The fourth-order valence-corrected chi connectivity index (χ4v) is 3.64. The first kappa shape index (κ1) is 14.5. The zero-order chi connectivity index (χ0) is 13.9. The molecule has 2 aromatic rings. The summed E-state index contributed by atoms with van der Waals surface area (Å²) in [5.41, 5.74) is 0. The van der Waals surface area contributed by atoms with Crippen LogP contribution in [0.15, 0.2) is 40.7 Å². The molecule has 0 aliphatic heterocycles. The molecule has 0 saturated heterocycles. The van der Waals surface area contributed by atoms with Crippen LogP contribution in [0.3, 0.4) is 0 Å². The smallest absolute Gasteiger partial charge is 0.242 e. The first-order valence-corrected chi connectivity index (χ1v) is 8.30. The molecule has 7 heteroatoms. The van der Waals surface area contributed by atoms with Gasteiger partial charge in [-0.25, -0.2) is 17.7 Å². The maximum atomic E-state index is 12.3. The minimum atomic E-state index is -3.49. The lowest BCUT2D eigenvalue weighted by Gasteiger charge is -2.16. The van der Waals surface area contributed by atoms with Crippen molar-refractivity contribution < 1.29 is 8.42 Å². The molecule has 0 fully saturated rings. The van der Waals surface area contributed by atoms with Gasteiger partial charge in [-0.3, -0.25) is 0 Å². The fraction of sp³-hybridized carbons (Fsp3) is 0.250. The Hall–Kier alpha value is -0.950. The number of rotatable bonds is 5. The van der Waals surface area contributed by atoms with Gasteiger partial charge in [-0.2, -0.15) is 0 Å². The zero-order valence-electron chi connectivity index (χ0n) is 10.3. The van der Waals surface area contributed by atoms with Gasteiger partial charge in [0.05, 0.1) is 9.90 Å². The van der Waals surface area contributed by atoms with Crippen molar-refractivity contribution in [1.82, 2.24) is 9.29 Å². The molecule has 1 heterocycles.